The molecule has 0 fully saturated rings. The minimum atomic E-state index is -0.624. The molecule has 0 bridgehead atoms. The summed E-state index contributed by atoms with van der Waals surface area (Å²) in [5.41, 5.74) is 0. The number of furan rings is 1. The van der Waals surface area contributed by atoms with Gasteiger partial charge in [0.05, 0.1) is 17.7 Å². The molecule has 2 heterocycles. The van der Waals surface area contributed by atoms with E-state index in [0.29, 0.717) is 15.5 Å². The Morgan fingerprint density at radius 2 is 2.00 bits per heavy atom. The van der Waals surface area contributed by atoms with Crippen molar-refractivity contribution in [1.29, 1.82) is 0 Å². The van der Waals surface area contributed by atoms with E-state index in [1.807, 2.05) is 0 Å². The SMILES string of the molecule is CC(=O)c1ccc(C(=O)OCC(=O)NCc2ccco2)s1. The van der Waals surface area contributed by atoms with Gasteiger partial charge in [-0.25, -0.2) is 4.79 Å². The Kier molecular flexibility index (Phi) is 4.89. The number of ketones is 1. The largest absolute Gasteiger partial charge is 0.467 e. The lowest BCUT2D eigenvalue weighted by molar-refractivity contribution is -0.124. The molecule has 110 valence electrons. The molecule has 6 nitrogen and oxygen atoms in total. The van der Waals surface area contributed by atoms with Crippen molar-refractivity contribution in [2.45, 2.75) is 13.5 Å². The third kappa shape index (κ3) is 4.28. The Morgan fingerprint density at radius 3 is 2.62 bits per heavy atom. The smallest absolute Gasteiger partial charge is 0.348 e. The molecule has 0 unspecified atom stereocenters. The number of nitrogens with one attached hydrogen (secondary N) is 1. The Morgan fingerprint density at radius 1 is 1.24 bits per heavy atom. The molecule has 21 heavy (non-hydrogen) atoms. The monoisotopic (exact) mass is 307 g/mol. The molecule has 0 saturated carbocycles. The minimum absolute atomic E-state index is 0.116. The molecular weight excluding hydrogens is 294 g/mol. The van der Waals surface area contributed by atoms with Crippen LogP contribution in [-0.4, -0.2) is 24.3 Å². The van der Waals surface area contributed by atoms with E-state index in [9.17, 15) is 14.4 Å². The van der Waals surface area contributed by atoms with Gasteiger partial charge in [0.15, 0.2) is 12.4 Å². The molecule has 2 rings (SSSR count). The first kappa shape index (κ1) is 15.0. The van der Waals surface area contributed by atoms with Crippen LogP contribution in [0.1, 0.15) is 32.0 Å². The van der Waals surface area contributed by atoms with Gasteiger partial charge in [0.1, 0.15) is 10.6 Å². The number of esters is 1. The van der Waals surface area contributed by atoms with Crippen LogP contribution in [0.3, 0.4) is 0 Å². The topological polar surface area (TPSA) is 85.6 Å². The fourth-order valence-electron chi connectivity index (χ4n) is 1.49. The molecule has 0 spiro atoms. The molecule has 2 aromatic heterocycles. The van der Waals surface area contributed by atoms with Crippen molar-refractivity contribution in [3.8, 4) is 0 Å². The van der Waals surface area contributed by atoms with E-state index in [1.165, 1.54) is 19.3 Å². The van der Waals surface area contributed by atoms with E-state index in [2.05, 4.69) is 5.32 Å². The van der Waals surface area contributed by atoms with E-state index >= 15 is 0 Å². The second kappa shape index (κ2) is 6.85. The molecule has 0 radical (unpaired) electrons. The van der Waals surface area contributed by atoms with Crippen LogP contribution in [-0.2, 0) is 16.1 Å². The predicted molar refractivity (Wildman–Crippen MR) is 75.2 cm³/mol. The van der Waals surface area contributed by atoms with Gasteiger partial charge in [-0.1, -0.05) is 0 Å². The van der Waals surface area contributed by atoms with Crippen molar-refractivity contribution in [2.24, 2.45) is 0 Å². The molecule has 1 N–H and O–H groups in total. The van der Waals surface area contributed by atoms with E-state index in [-0.39, 0.29) is 18.9 Å². The fraction of sp³-hybridized carbons (Fsp3) is 0.214. The molecule has 0 aromatic carbocycles. The summed E-state index contributed by atoms with van der Waals surface area (Å²) in [6, 6.07) is 6.50. The summed E-state index contributed by atoms with van der Waals surface area (Å²) in [5, 5.41) is 2.55. The number of rotatable bonds is 6. The lowest BCUT2D eigenvalue weighted by atomic mass is 10.3. The number of Topliss-reactive ketones (excluding diaryl/α,β-unsaturated/α-hetero) is 1. The highest BCUT2D eigenvalue weighted by Crippen LogP contribution is 2.17. The third-order valence-corrected chi connectivity index (χ3v) is 3.69. The molecule has 0 aliphatic heterocycles. The van der Waals surface area contributed by atoms with Crippen LogP contribution in [0.15, 0.2) is 34.9 Å². The van der Waals surface area contributed by atoms with E-state index in [0.717, 1.165) is 11.3 Å². The van der Waals surface area contributed by atoms with Gasteiger partial charge >= 0.3 is 5.97 Å². The summed E-state index contributed by atoms with van der Waals surface area (Å²) in [7, 11) is 0. The van der Waals surface area contributed by atoms with Crippen molar-refractivity contribution < 1.29 is 23.5 Å². The summed E-state index contributed by atoms with van der Waals surface area (Å²) in [4.78, 5) is 35.1. The standard InChI is InChI=1S/C14H13NO5S/c1-9(16)11-4-5-12(21-11)14(18)20-8-13(17)15-7-10-3-2-6-19-10/h2-6H,7-8H2,1H3,(H,15,17). The summed E-state index contributed by atoms with van der Waals surface area (Å²) < 4.78 is 9.92. The van der Waals surface area contributed by atoms with Gasteiger partial charge in [0.25, 0.3) is 5.91 Å². The van der Waals surface area contributed by atoms with Crippen LogP contribution in [0.4, 0.5) is 0 Å². The van der Waals surface area contributed by atoms with Gasteiger partial charge in [-0.05, 0) is 31.2 Å². The molecular formula is C14H13NO5S. The minimum Gasteiger partial charge on any atom is -0.467 e. The van der Waals surface area contributed by atoms with Crippen molar-refractivity contribution in [3.63, 3.8) is 0 Å². The van der Waals surface area contributed by atoms with Crippen LogP contribution < -0.4 is 5.32 Å². The predicted octanol–water partition coefficient (Wildman–Crippen LogP) is 2.02. The van der Waals surface area contributed by atoms with Gasteiger partial charge in [-0.2, -0.15) is 0 Å². The first-order valence-electron chi connectivity index (χ1n) is 6.13. The Labute approximate surface area is 124 Å². The molecule has 0 atom stereocenters. The van der Waals surface area contributed by atoms with Crippen molar-refractivity contribution >= 4 is 29.0 Å². The number of thiophene rings is 1. The third-order valence-electron chi connectivity index (χ3n) is 2.53. The quantitative estimate of drug-likeness (QED) is 0.652. The number of hydrogen-bond donors (Lipinski definition) is 1. The molecule has 7 heteroatoms. The van der Waals surface area contributed by atoms with Crippen molar-refractivity contribution in [3.05, 3.63) is 46.0 Å². The Bertz CT molecular complexity index is 644. The molecule has 0 aliphatic rings. The average Bonchev–Trinajstić information content (AvgIpc) is 3.12. The van der Waals surface area contributed by atoms with Crippen LogP contribution >= 0.6 is 11.3 Å². The summed E-state index contributed by atoms with van der Waals surface area (Å²) >= 11 is 1.04. The Balaban J connectivity index is 1.77. The van der Waals surface area contributed by atoms with Gasteiger partial charge in [0, 0.05) is 0 Å². The first-order chi connectivity index (χ1) is 10.1. The second-order valence-electron chi connectivity index (χ2n) is 4.15. The zero-order valence-corrected chi connectivity index (χ0v) is 12.1. The van der Waals surface area contributed by atoms with Crippen LogP contribution in [0.5, 0.6) is 0 Å². The van der Waals surface area contributed by atoms with Gasteiger partial charge < -0.3 is 14.5 Å². The molecule has 2 aromatic rings. The van der Waals surface area contributed by atoms with Gasteiger partial charge in [-0.3, -0.25) is 9.59 Å². The van der Waals surface area contributed by atoms with Crippen molar-refractivity contribution in [1.82, 2.24) is 5.32 Å². The van der Waals surface area contributed by atoms with Crippen LogP contribution in [0.2, 0.25) is 0 Å². The summed E-state index contributed by atoms with van der Waals surface area (Å²) in [6.45, 7) is 1.27. The second-order valence-corrected chi connectivity index (χ2v) is 5.24. The lowest BCUT2D eigenvalue weighted by Crippen LogP contribution is -2.28. The zero-order chi connectivity index (χ0) is 15.2. The van der Waals surface area contributed by atoms with Gasteiger partial charge in [-0.15, -0.1) is 11.3 Å². The number of carbonyl (C=O) groups is 3. The normalized spacial score (nSPS) is 10.1. The average molecular weight is 307 g/mol. The fourth-order valence-corrected chi connectivity index (χ4v) is 2.28. The Hall–Kier alpha value is -2.41. The van der Waals surface area contributed by atoms with E-state index in [4.69, 9.17) is 9.15 Å². The number of carbonyl (C=O) groups excluding carboxylic acids is 3. The maximum atomic E-state index is 11.7. The number of ether oxygens (including phenoxy) is 1. The highest BCUT2D eigenvalue weighted by atomic mass is 32.1. The first-order valence-corrected chi connectivity index (χ1v) is 6.95. The highest BCUT2D eigenvalue weighted by molar-refractivity contribution is 7.15. The number of hydrogen-bond acceptors (Lipinski definition) is 6. The maximum absolute atomic E-state index is 11.7. The molecule has 0 saturated heterocycles. The van der Waals surface area contributed by atoms with Crippen LogP contribution in [0.25, 0.3) is 0 Å². The summed E-state index contributed by atoms with van der Waals surface area (Å²) in [5.74, 6) is -0.557. The van der Waals surface area contributed by atoms with Gasteiger partial charge in [0.2, 0.25) is 0 Å². The molecule has 0 aliphatic carbocycles. The van der Waals surface area contributed by atoms with E-state index in [1.54, 1.807) is 18.2 Å². The summed E-state index contributed by atoms with van der Waals surface area (Å²) in [6.07, 6.45) is 1.50. The van der Waals surface area contributed by atoms with E-state index < -0.39 is 11.9 Å². The molecule has 1 amide bonds. The zero-order valence-electron chi connectivity index (χ0n) is 11.3. The van der Waals surface area contributed by atoms with Crippen molar-refractivity contribution in [2.75, 3.05) is 6.61 Å². The maximum Gasteiger partial charge on any atom is 0.348 e. The number of amides is 1. The highest BCUT2D eigenvalue weighted by Gasteiger charge is 2.14. The lowest BCUT2D eigenvalue weighted by Gasteiger charge is -2.04. The van der Waals surface area contributed by atoms with Crippen LogP contribution in [0, 0.1) is 0 Å².